The number of benzene rings is 1. The van der Waals surface area contributed by atoms with Gasteiger partial charge in [0, 0.05) is 35.7 Å². The van der Waals surface area contributed by atoms with Gasteiger partial charge in [-0.3, -0.25) is 4.90 Å². The molecule has 0 aliphatic carbocycles. The van der Waals surface area contributed by atoms with E-state index in [1.54, 1.807) is 0 Å². The van der Waals surface area contributed by atoms with Gasteiger partial charge in [-0.1, -0.05) is 12.1 Å². The van der Waals surface area contributed by atoms with E-state index in [-0.39, 0.29) is 12.0 Å². The van der Waals surface area contributed by atoms with Crippen LogP contribution < -0.4 is 11.5 Å². The molecule has 1 saturated heterocycles. The number of nitrogens with two attached hydrogens (primary N) is 2. The Labute approximate surface area is 150 Å². The molecule has 1 fully saturated rings. The molecular weight excluding hydrogens is 368 g/mol. The molecule has 1 aliphatic rings. The van der Waals surface area contributed by atoms with Crippen molar-refractivity contribution >= 4 is 28.1 Å². The summed E-state index contributed by atoms with van der Waals surface area (Å²) in [5, 5.41) is 7.66. The Kier molecular flexibility index (Phi) is 5.32. The van der Waals surface area contributed by atoms with E-state index in [2.05, 4.69) is 60.1 Å². The van der Waals surface area contributed by atoms with Gasteiger partial charge in [-0.15, -0.1) is 5.10 Å². The summed E-state index contributed by atoms with van der Waals surface area (Å²) < 4.78 is 3.22. The van der Waals surface area contributed by atoms with E-state index in [4.69, 9.17) is 11.5 Å². The lowest BCUT2D eigenvalue weighted by Crippen LogP contribution is -2.30. The number of guanidine groups is 1. The van der Waals surface area contributed by atoms with E-state index in [1.165, 1.54) is 5.56 Å². The van der Waals surface area contributed by atoms with Gasteiger partial charge in [0.2, 0.25) is 5.96 Å². The summed E-state index contributed by atoms with van der Waals surface area (Å²) in [4.78, 5) is 2.39. The minimum absolute atomic E-state index is 0.0127. The van der Waals surface area contributed by atoms with Crippen molar-refractivity contribution in [3.63, 3.8) is 0 Å². The molecule has 1 aromatic heterocycles. The first-order valence-electron chi connectivity index (χ1n) is 7.91. The Morgan fingerprint density at radius 1 is 1.29 bits per heavy atom. The van der Waals surface area contributed by atoms with Crippen molar-refractivity contribution in [2.75, 3.05) is 6.54 Å². The molecule has 0 amide bonds. The zero-order valence-electron chi connectivity index (χ0n) is 13.3. The highest BCUT2D eigenvalue weighted by molar-refractivity contribution is 9.10. The van der Waals surface area contributed by atoms with E-state index in [0.717, 1.165) is 36.1 Å². The fourth-order valence-corrected chi connectivity index (χ4v) is 3.46. The Bertz CT molecular complexity index is 747. The fraction of sp³-hybridized carbons (Fsp3) is 0.294. The molecule has 1 aliphatic heterocycles. The van der Waals surface area contributed by atoms with E-state index in [0.29, 0.717) is 0 Å². The average Bonchev–Trinajstić information content (AvgIpc) is 3.18. The van der Waals surface area contributed by atoms with E-state index in [1.807, 2.05) is 24.4 Å². The van der Waals surface area contributed by atoms with E-state index in [9.17, 15) is 0 Å². The number of para-hydroxylation sites is 1. The topological polar surface area (TPSA) is 84.9 Å². The monoisotopic (exact) mass is 388 g/mol. The first-order chi connectivity index (χ1) is 11.6. The van der Waals surface area contributed by atoms with Crippen LogP contribution in [0, 0.1) is 0 Å². The Morgan fingerprint density at radius 2 is 2.12 bits per heavy atom. The number of hydrogen-bond donors (Lipinski definition) is 2. The van der Waals surface area contributed by atoms with Gasteiger partial charge in [0.15, 0.2) is 0 Å². The summed E-state index contributed by atoms with van der Waals surface area (Å²) in [5.41, 5.74) is 13.0. The van der Waals surface area contributed by atoms with Gasteiger partial charge in [-0.05, 0) is 59.1 Å². The first-order valence-corrected chi connectivity index (χ1v) is 8.70. The zero-order chi connectivity index (χ0) is 16.9. The summed E-state index contributed by atoms with van der Waals surface area (Å²) in [7, 11) is 0. The van der Waals surface area contributed by atoms with E-state index < -0.39 is 0 Å². The maximum atomic E-state index is 5.30. The summed E-state index contributed by atoms with van der Waals surface area (Å²) in [6.07, 6.45) is 8.33. The molecule has 1 aromatic carbocycles. The van der Waals surface area contributed by atoms with Crippen molar-refractivity contribution in [3.8, 4) is 5.69 Å². The number of likely N-dealkylation sites (tertiary alicyclic amines) is 1. The lowest BCUT2D eigenvalue weighted by atomic mass is 10.2. The summed E-state index contributed by atoms with van der Waals surface area (Å²) in [6, 6.07) is 10.6. The third kappa shape index (κ3) is 4.04. The molecule has 3 rings (SSSR count). The lowest BCUT2D eigenvalue weighted by Gasteiger charge is -2.20. The van der Waals surface area contributed by atoms with Gasteiger partial charge < -0.3 is 16.0 Å². The van der Waals surface area contributed by atoms with Crippen LogP contribution in [0.2, 0.25) is 0 Å². The van der Waals surface area contributed by atoms with Crippen LogP contribution in [-0.2, 0) is 6.54 Å². The molecule has 0 radical (unpaired) electrons. The molecule has 2 aromatic rings. The highest BCUT2D eigenvalue weighted by atomic mass is 79.9. The molecule has 24 heavy (non-hydrogen) atoms. The second-order valence-corrected chi connectivity index (χ2v) is 6.70. The third-order valence-corrected chi connectivity index (χ3v) is 4.77. The molecule has 126 valence electrons. The molecule has 7 heteroatoms. The molecule has 1 unspecified atom stereocenters. The Balaban J connectivity index is 1.69. The van der Waals surface area contributed by atoms with Crippen LogP contribution >= 0.6 is 15.9 Å². The van der Waals surface area contributed by atoms with Crippen LogP contribution in [0.25, 0.3) is 5.69 Å². The largest absolute Gasteiger partial charge is 0.369 e. The van der Waals surface area contributed by atoms with Crippen LogP contribution in [0.15, 0.2) is 57.4 Å². The predicted octanol–water partition coefficient (Wildman–Crippen LogP) is 2.46. The quantitative estimate of drug-likeness (QED) is 0.468. The van der Waals surface area contributed by atoms with Gasteiger partial charge in [-0.2, -0.15) is 5.10 Å². The fourth-order valence-electron chi connectivity index (χ4n) is 2.97. The maximum absolute atomic E-state index is 5.30. The van der Waals surface area contributed by atoms with Gasteiger partial charge in [-0.25, -0.2) is 0 Å². The standard InChI is InChI=1S/C17H21BrN6/c18-15-5-1-2-6-16(15)24-9-7-13(12-24)11-23-8-3-4-14(23)10-21-22-17(19)20/h1-2,5-7,9-10,12,14H,3-4,8,11H2,(H4,19,20,22)/b21-10+. The van der Waals surface area contributed by atoms with Crippen molar-refractivity contribution in [2.24, 2.45) is 21.7 Å². The minimum Gasteiger partial charge on any atom is -0.369 e. The summed E-state index contributed by atoms with van der Waals surface area (Å²) in [5.74, 6) is -0.0127. The summed E-state index contributed by atoms with van der Waals surface area (Å²) >= 11 is 3.60. The van der Waals surface area contributed by atoms with Crippen molar-refractivity contribution in [1.29, 1.82) is 0 Å². The number of rotatable bonds is 5. The average molecular weight is 389 g/mol. The highest BCUT2D eigenvalue weighted by Gasteiger charge is 2.23. The van der Waals surface area contributed by atoms with Crippen LogP contribution in [0.4, 0.5) is 0 Å². The van der Waals surface area contributed by atoms with Crippen molar-refractivity contribution in [1.82, 2.24) is 9.47 Å². The van der Waals surface area contributed by atoms with Gasteiger partial charge in [0.1, 0.15) is 0 Å². The Hall–Kier alpha value is -2.12. The molecule has 2 heterocycles. The van der Waals surface area contributed by atoms with Gasteiger partial charge in [0.25, 0.3) is 0 Å². The van der Waals surface area contributed by atoms with Crippen LogP contribution in [0.3, 0.4) is 0 Å². The predicted molar refractivity (Wildman–Crippen MR) is 101 cm³/mol. The van der Waals surface area contributed by atoms with Gasteiger partial charge in [0.05, 0.1) is 5.69 Å². The number of aromatic nitrogens is 1. The van der Waals surface area contributed by atoms with Crippen LogP contribution in [0.5, 0.6) is 0 Å². The number of halogens is 1. The normalized spacial score (nSPS) is 18.3. The lowest BCUT2D eigenvalue weighted by molar-refractivity contribution is 0.297. The molecule has 0 spiro atoms. The first kappa shape index (κ1) is 16.7. The van der Waals surface area contributed by atoms with Crippen LogP contribution in [-0.4, -0.2) is 34.2 Å². The second-order valence-electron chi connectivity index (χ2n) is 5.85. The number of hydrogen-bond acceptors (Lipinski definition) is 3. The van der Waals surface area contributed by atoms with Crippen molar-refractivity contribution < 1.29 is 0 Å². The molecule has 4 N–H and O–H groups in total. The SMILES string of the molecule is NC(N)=N/N=C/C1CCCN1Cc1ccn(-c2ccccc2Br)c1. The summed E-state index contributed by atoms with van der Waals surface area (Å²) in [6.45, 7) is 1.94. The molecule has 0 saturated carbocycles. The molecule has 1 atom stereocenters. The Morgan fingerprint density at radius 3 is 2.92 bits per heavy atom. The smallest absolute Gasteiger partial charge is 0.211 e. The maximum Gasteiger partial charge on any atom is 0.211 e. The minimum atomic E-state index is -0.0127. The van der Waals surface area contributed by atoms with Crippen molar-refractivity contribution in [2.45, 2.75) is 25.4 Å². The van der Waals surface area contributed by atoms with Crippen LogP contribution in [0.1, 0.15) is 18.4 Å². The zero-order valence-corrected chi connectivity index (χ0v) is 14.9. The number of nitrogens with zero attached hydrogens (tertiary/aromatic N) is 4. The third-order valence-electron chi connectivity index (χ3n) is 4.10. The van der Waals surface area contributed by atoms with Crippen molar-refractivity contribution in [3.05, 3.63) is 52.8 Å². The van der Waals surface area contributed by atoms with E-state index >= 15 is 0 Å². The van der Waals surface area contributed by atoms with Gasteiger partial charge >= 0.3 is 0 Å². The molecular formula is C17H21BrN6. The molecule has 6 nitrogen and oxygen atoms in total. The molecule has 0 bridgehead atoms. The second kappa shape index (κ2) is 7.63. The highest BCUT2D eigenvalue weighted by Crippen LogP contribution is 2.23.